The number of hydrogen-bond acceptors (Lipinski definition) is 0. The molecule has 0 fully saturated rings. The van der Waals surface area contributed by atoms with Gasteiger partial charge in [0.2, 0.25) is 0 Å². The summed E-state index contributed by atoms with van der Waals surface area (Å²) in [4.78, 5) is 0. The number of rotatable bonds is 9. The van der Waals surface area contributed by atoms with E-state index in [0.717, 1.165) is 5.92 Å². The van der Waals surface area contributed by atoms with Crippen LogP contribution in [0.15, 0.2) is 0 Å². The quantitative estimate of drug-likeness (QED) is 0.364. The fourth-order valence-corrected chi connectivity index (χ4v) is 1.91. The second-order valence-electron chi connectivity index (χ2n) is 6.36. The molecule has 154 valence electrons. The van der Waals surface area contributed by atoms with Crippen molar-refractivity contribution in [2.75, 3.05) is 0 Å². The van der Waals surface area contributed by atoms with Gasteiger partial charge in [0.25, 0.3) is 0 Å². The standard InChI is InChI=1S/C13H28.3C3H8.C2H6/c1-4-7-8-9-10-11-12-13(5-2)6-3;3*1-3-2;1-2/h13H,4-12H2,1-3H3;3*3H2,1-2H3;1-2H3. The van der Waals surface area contributed by atoms with Gasteiger partial charge in [-0.05, 0) is 5.92 Å². The normalized spacial score (nSPS) is 8.50. The van der Waals surface area contributed by atoms with Crippen molar-refractivity contribution < 1.29 is 0 Å². The van der Waals surface area contributed by atoms with Crippen LogP contribution in [0.25, 0.3) is 0 Å². The van der Waals surface area contributed by atoms with Crippen molar-refractivity contribution in [3.05, 3.63) is 0 Å². The summed E-state index contributed by atoms with van der Waals surface area (Å²) < 4.78 is 0. The van der Waals surface area contributed by atoms with Crippen LogP contribution < -0.4 is 0 Å². The van der Waals surface area contributed by atoms with Gasteiger partial charge in [-0.3, -0.25) is 0 Å². The number of hydrogen-bond donors (Lipinski definition) is 0. The van der Waals surface area contributed by atoms with E-state index in [0.29, 0.717) is 0 Å². The molecule has 24 heavy (non-hydrogen) atoms. The molecule has 0 nitrogen and oxygen atoms in total. The fourth-order valence-electron chi connectivity index (χ4n) is 1.91. The van der Waals surface area contributed by atoms with E-state index in [1.165, 1.54) is 77.0 Å². The van der Waals surface area contributed by atoms with Crippen LogP contribution in [0.3, 0.4) is 0 Å². The number of unbranched alkanes of at least 4 members (excludes halogenated alkanes) is 5. The van der Waals surface area contributed by atoms with Crippen LogP contribution in [0.2, 0.25) is 0 Å². The Morgan fingerprint density at radius 1 is 0.458 bits per heavy atom. The van der Waals surface area contributed by atoms with Crippen LogP contribution in [0.1, 0.15) is 153 Å². The Balaban J connectivity index is -0.0000000901. The Kier molecular flexibility index (Phi) is 72.5. The average Bonchev–Trinajstić information content (AvgIpc) is 2.58. The fraction of sp³-hybridized carbons (Fsp3) is 1.00. The summed E-state index contributed by atoms with van der Waals surface area (Å²) in [7, 11) is 0. The Morgan fingerprint density at radius 2 is 0.750 bits per heavy atom. The summed E-state index contributed by atoms with van der Waals surface area (Å²) in [6, 6.07) is 0. The first-order chi connectivity index (χ1) is 11.6. The molecule has 0 heterocycles. The zero-order valence-electron chi connectivity index (χ0n) is 20.1. The van der Waals surface area contributed by atoms with Crippen LogP contribution in [0.5, 0.6) is 0 Å². The molecule has 0 N–H and O–H groups in total. The molecule has 0 radical (unpaired) electrons. The highest BCUT2D eigenvalue weighted by atomic mass is 14.1. The van der Waals surface area contributed by atoms with Gasteiger partial charge >= 0.3 is 0 Å². The van der Waals surface area contributed by atoms with Crippen LogP contribution >= 0.6 is 0 Å². The largest absolute Gasteiger partial charge is 0.0683 e. The van der Waals surface area contributed by atoms with E-state index in [9.17, 15) is 0 Å². The molecule has 0 spiro atoms. The van der Waals surface area contributed by atoms with Gasteiger partial charge < -0.3 is 0 Å². The van der Waals surface area contributed by atoms with Gasteiger partial charge in [-0.25, -0.2) is 0 Å². The van der Waals surface area contributed by atoms with E-state index in [1.54, 1.807) is 0 Å². The molecular formula is C24H58. The molecule has 0 aromatic rings. The molecule has 0 aliphatic rings. The summed E-state index contributed by atoms with van der Waals surface area (Å²) in [5, 5.41) is 0. The third-order valence-electron chi connectivity index (χ3n) is 3.12. The van der Waals surface area contributed by atoms with Gasteiger partial charge in [0.1, 0.15) is 0 Å². The maximum Gasteiger partial charge on any atom is -0.0420 e. The molecule has 0 aliphatic heterocycles. The second kappa shape index (κ2) is 49.5. The maximum absolute atomic E-state index is 2.32. The lowest BCUT2D eigenvalue weighted by molar-refractivity contribution is 0.427. The Bertz CT molecular complexity index is 108. The van der Waals surface area contributed by atoms with Gasteiger partial charge in [-0.15, -0.1) is 0 Å². The summed E-state index contributed by atoms with van der Waals surface area (Å²) in [6.45, 7) is 23.7. The lowest BCUT2D eigenvalue weighted by atomic mass is 9.96. The maximum atomic E-state index is 2.32. The zero-order valence-corrected chi connectivity index (χ0v) is 20.1. The van der Waals surface area contributed by atoms with E-state index in [-0.39, 0.29) is 0 Å². The topological polar surface area (TPSA) is 0 Å². The minimum atomic E-state index is 1.01. The summed E-state index contributed by atoms with van der Waals surface area (Å²) >= 11 is 0. The van der Waals surface area contributed by atoms with Crippen molar-refractivity contribution in [1.29, 1.82) is 0 Å². The Hall–Kier alpha value is 0. The van der Waals surface area contributed by atoms with Gasteiger partial charge in [0, 0.05) is 0 Å². The first-order valence-corrected chi connectivity index (χ1v) is 11.6. The minimum absolute atomic E-state index is 1.01. The van der Waals surface area contributed by atoms with Crippen molar-refractivity contribution in [2.45, 2.75) is 153 Å². The van der Waals surface area contributed by atoms with E-state index in [2.05, 4.69) is 62.3 Å². The predicted octanol–water partition coefficient (Wildman–Crippen LogP) is 10.4. The smallest absolute Gasteiger partial charge is 0.0420 e. The highest BCUT2D eigenvalue weighted by Gasteiger charge is 2.01. The monoisotopic (exact) mass is 346 g/mol. The Morgan fingerprint density at radius 3 is 1.04 bits per heavy atom. The molecule has 0 aromatic heterocycles. The van der Waals surface area contributed by atoms with Crippen LogP contribution in [0.4, 0.5) is 0 Å². The first-order valence-electron chi connectivity index (χ1n) is 11.6. The van der Waals surface area contributed by atoms with Gasteiger partial charge in [0.15, 0.2) is 0 Å². The molecule has 0 saturated carbocycles. The summed E-state index contributed by atoms with van der Waals surface area (Å²) in [5.74, 6) is 1.01. The van der Waals surface area contributed by atoms with Gasteiger partial charge in [-0.2, -0.15) is 0 Å². The third-order valence-corrected chi connectivity index (χ3v) is 3.12. The van der Waals surface area contributed by atoms with Crippen LogP contribution in [0, 0.1) is 5.92 Å². The highest BCUT2D eigenvalue weighted by Crippen LogP contribution is 2.17. The molecule has 0 amide bonds. The van der Waals surface area contributed by atoms with Crippen LogP contribution in [-0.2, 0) is 0 Å². The van der Waals surface area contributed by atoms with E-state index in [1.807, 2.05) is 13.8 Å². The van der Waals surface area contributed by atoms with Gasteiger partial charge in [0.05, 0.1) is 0 Å². The first kappa shape index (κ1) is 35.2. The lowest BCUT2D eigenvalue weighted by Crippen LogP contribution is -1.96. The lowest BCUT2D eigenvalue weighted by Gasteiger charge is -2.11. The molecule has 0 rings (SSSR count). The van der Waals surface area contributed by atoms with Gasteiger partial charge in [-0.1, -0.05) is 153 Å². The third kappa shape index (κ3) is 67.4. The van der Waals surface area contributed by atoms with Crippen molar-refractivity contribution >= 4 is 0 Å². The molecule has 0 unspecified atom stereocenters. The molecular weight excluding hydrogens is 288 g/mol. The van der Waals surface area contributed by atoms with Crippen molar-refractivity contribution in [3.63, 3.8) is 0 Å². The van der Waals surface area contributed by atoms with E-state index >= 15 is 0 Å². The van der Waals surface area contributed by atoms with E-state index < -0.39 is 0 Å². The molecule has 0 saturated heterocycles. The zero-order chi connectivity index (χ0) is 20.1. The minimum Gasteiger partial charge on any atom is -0.0683 e. The van der Waals surface area contributed by atoms with E-state index in [4.69, 9.17) is 0 Å². The molecule has 0 aliphatic carbocycles. The van der Waals surface area contributed by atoms with Crippen molar-refractivity contribution in [1.82, 2.24) is 0 Å². The highest BCUT2D eigenvalue weighted by molar-refractivity contribution is 4.55. The van der Waals surface area contributed by atoms with Crippen molar-refractivity contribution in [2.24, 2.45) is 5.92 Å². The average molecular weight is 347 g/mol. The summed E-state index contributed by atoms with van der Waals surface area (Å²) in [6.07, 6.45) is 16.6. The molecule has 0 heteroatoms. The molecule has 0 aromatic carbocycles. The predicted molar refractivity (Wildman–Crippen MR) is 121 cm³/mol. The van der Waals surface area contributed by atoms with Crippen LogP contribution in [-0.4, -0.2) is 0 Å². The SMILES string of the molecule is CC.CCC.CCC.CCC.CCCCCCCCC(CC)CC. The molecule has 0 atom stereocenters. The summed E-state index contributed by atoms with van der Waals surface area (Å²) in [5.41, 5.74) is 0. The van der Waals surface area contributed by atoms with Crippen molar-refractivity contribution in [3.8, 4) is 0 Å². The second-order valence-corrected chi connectivity index (χ2v) is 6.36. The molecule has 0 bridgehead atoms. The Labute approximate surface area is 159 Å².